The lowest BCUT2D eigenvalue weighted by Gasteiger charge is -2.16. The molecule has 126 valence electrons. The molecule has 0 atom stereocenters. The molecule has 3 heteroatoms. The first-order chi connectivity index (χ1) is 12.1. The van der Waals surface area contributed by atoms with Crippen LogP contribution in [0.4, 0.5) is 11.4 Å². The number of aryl methyl sites for hydroxylation is 2. The van der Waals surface area contributed by atoms with Gasteiger partial charge in [-0.2, -0.15) is 0 Å². The second kappa shape index (κ2) is 7.95. The van der Waals surface area contributed by atoms with Gasteiger partial charge in [0.2, 0.25) is 0 Å². The highest BCUT2D eigenvalue weighted by molar-refractivity contribution is 7.80. The molecule has 0 unspecified atom stereocenters. The summed E-state index contributed by atoms with van der Waals surface area (Å²) in [6.45, 7) is 4.16. The minimum Gasteiger partial charge on any atom is -0.332 e. The number of para-hydroxylation sites is 1. The van der Waals surface area contributed by atoms with Crippen LogP contribution >= 0.6 is 12.2 Å². The summed E-state index contributed by atoms with van der Waals surface area (Å²) in [4.78, 5) is 0. The van der Waals surface area contributed by atoms with Gasteiger partial charge in [0.1, 0.15) is 0 Å². The van der Waals surface area contributed by atoms with Crippen LogP contribution in [0.5, 0.6) is 0 Å². The molecular weight excluding hydrogens is 324 g/mol. The molecule has 0 aliphatic heterocycles. The fourth-order valence-corrected chi connectivity index (χ4v) is 2.98. The van der Waals surface area contributed by atoms with Crippen molar-refractivity contribution in [1.82, 2.24) is 0 Å². The monoisotopic (exact) mass is 346 g/mol. The zero-order valence-corrected chi connectivity index (χ0v) is 15.4. The van der Waals surface area contributed by atoms with Gasteiger partial charge in [0.25, 0.3) is 0 Å². The number of anilines is 2. The maximum Gasteiger partial charge on any atom is 0.175 e. The summed E-state index contributed by atoms with van der Waals surface area (Å²) in [7, 11) is 0. The van der Waals surface area contributed by atoms with E-state index in [1.165, 1.54) is 22.3 Å². The Kier molecular flexibility index (Phi) is 5.46. The van der Waals surface area contributed by atoms with Crippen LogP contribution in [0.25, 0.3) is 0 Å². The van der Waals surface area contributed by atoms with E-state index in [1.54, 1.807) is 0 Å². The van der Waals surface area contributed by atoms with Gasteiger partial charge in [-0.25, -0.2) is 0 Å². The highest BCUT2D eigenvalue weighted by atomic mass is 32.1. The van der Waals surface area contributed by atoms with Crippen LogP contribution in [0.3, 0.4) is 0 Å². The highest BCUT2D eigenvalue weighted by Crippen LogP contribution is 2.21. The average Bonchev–Trinajstić information content (AvgIpc) is 2.61. The molecule has 0 saturated carbocycles. The molecule has 25 heavy (non-hydrogen) atoms. The van der Waals surface area contributed by atoms with E-state index < -0.39 is 0 Å². The summed E-state index contributed by atoms with van der Waals surface area (Å²) < 4.78 is 0. The van der Waals surface area contributed by atoms with Gasteiger partial charge in [-0.05, 0) is 66.9 Å². The molecule has 2 nitrogen and oxygen atoms in total. The first-order valence-electron chi connectivity index (χ1n) is 8.39. The molecule has 0 aliphatic rings. The number of nitrogens with one attached hydrogen (secondary N) is 2. The van der Waals surface area contributed by atoms with Gasteiger partial charge in [-0.15, -0.1) is 0 Å². The summed E-state index contributed by atoms with van der Waals surface area (Å²) in [6, 6.07) is 25.1. The van der Waals surface area contributed by atoms with Crippen molar-refractivity contribution in [3.8, 4) is 0 Å². The molecular formula is C22H22N2S. The van der Waals surface area contributed by atoms with Crippen molar-refractivity contribution in [2.45, 2.75) is 20.3 Å². The molecule has 0 saturated heterocycles. The normalized spacial score (nSPS) is 10.3. The molecule has 0 heterocycles. The van der Waals surface area contributed by atoms with Gasteiger partial charge >= 0.3 is 0 Å². The number of hydrogen-bond donors (Lipinski definition) is 2. The quantitative estimate of drug-likeness (QED) is 0.592. The van der Waals surface area contributed by atoms with E-state index in [0.29, 0.717) is 5.11 Å². The molecule has 0 radical (unpaired) electrons. The Labute approximate surface area is 154 Å². The fraction of sp³-hybridized carbons (Fsp3) is 0.136. The van der Waals surface area contributed by atoms with Gasteiger partial charge < -0.3 is 10.6 Å². The van der Waals surface area contributed by atoms with E-state index >= 15 is 0 Å². The van der Waals surface area contributed by atoms with Crippen LogP contribution in [0.2, 0.25) is 0 Å². The molecule has 0 amide bonds. The highest BCUT2D eigenvalue weighted by Gasteiger charge is 2.06. The van der Waals surface area contributed by atoms with Crippen molar-refractivity contribution in [1.29, 1.82) is 0 Å². The standard InChI is InChI=1S/C22H22N2S/c1-16-12-13-17(2)21(14-16)24-22(25)23-20-11-7-6-10-19(20)15-18-8-4-3-5-9-18/h3-14H,15H2,1-2H3,(H2,23,24,25). The van der Waals surface area contributed by atoms with Gasteiger partial charge in [-0.3, -0.25) is 0 Å². The number of rotatable bonds is 4. The second-order valence-electron chi connectivity index (χ2n) is 6.22. The van der Waals surface area contributed by atoms with Crippen molar-refractivity contribution in [3.63, 3.8) is 0 Å². The van der Waals surface area contributed by atoms with Crippen LogP contribution in [0, 0.1) is 13.8 Å². The predicted octanol–water partition coefficient (Wildman–Crippen LogP) is 5.70. The lowest BCUT2D eigenvalue weighted by Crippen LogP contribution is -2.20. The van der Waals surface area contributed by atoms with E-state index in [-0.39, 0.29) is 0 Å². The minimum absolute atomic E-state index is 0.606. The fourth-order valence-electron chi connectivity index (χ4n) is 2.76. The van der Waals surface area contributed by atoms with Gasteiger partial charge in [0.05, 0.1) is 0 Å². The molecule has 0 aliphatic carbocycles. The van der Waals surface area contributed by atoms with Gasteiger partial charge in [0, 0.05) is 11.4 Å². The van der Waals surface area contributed by atoms with Gasteiger partial charge in [0.15, 0.2) is 5.11 Å². The zero-order chi connectivity index (χ0) is 17.6. The average molecular weight is 346 g/mol. The second-order valence-corrected chi connectivity index (χ2v) is 6.63. The third kappa shape index (κ3) is 4.68. The van der Waals surface area contributed by atoms with Crippen molar-refractivity contribution in [2.24, 2.45) is 0 Å². The van der Waals surface area contributed by atoms with E-state index in [4.69, 9.17) is 12.2 Å². The zero-order valence-electron chi connectivity index (χ0n) is 14.5. The van der Waals surface area contributed by atoms with Crippen LogP contribution in [-0.2, 0) is 6.42 Å². The maximum atomic E-state index is 5.52. The topological polar surface area (TPSA) is 24.1 Å². The summed E-state index contributed by atoms with van der Waals surface area (Å²) in [6.07, 6.45) is 0.871. The molecule has 3 aromatic rings. The smallest absolute Gasteiger partial charge is 0.175 e. The first kappa shape index (κ1) is 17.2. The van der Waals surface area contributed by atoms with E-state index in [0.717, 1.165) is 17.8 Å². The van der Waals surface area contributed by atoms with E-state index in [2.05, 4.69) is 85.1 Å². The Morgan fingerprint density at radius 1 is 0.800 bits per heavy atom. The van der Waals surface area contributed by atoms with Gasteiger partial charge in [-0.1, -0.05) is 60.7 Å². The number of benzene rings is 3. The Morgan fingerprint density at radius 2 is 1.48 bits per heavy atom. The predicted molar refractivity (Wildman–Crippen MR) is 111 cm³/mol. The minimum atomic E-state index is 0.606. The largest absolute Gasteiger partial charge is 0.332 e. The van der Waals surface area contributed by atoms with Crippen molar-refractivity contribution in [2.75, 3.05) is 10.6 Å². The third-order valence-electron chi connectivity index (χ3n) is 4.14. The lowest BCUT2D eigenvalue weighted by molar-refractivity contribution is 1.19. The SMILES string of the molecule is Cc1ccc(C)c(NC(=S)Nc2ccccc2Cc2ccccc2)c1. The maximum absolute atomic E-state index is 5.52. The third-order valence-corrected chi connectivity index (χ3v) is 4.35. The first-order valence-corrected chi connectivity index (χ1v) is 8.80. The van der Waals surface area contributed by atoms with Crippen LogP contribution in [0.1, 0.15) is 22.3 Å². The molecule has 0 bridgehead atoms. The molecule has 0 spiro atoms. The molecule has 3 aromatic carbocycles. The molecule has 0 aromatic heterocycles. The summed E-state index contributed by atoms with van der Waals surface area (Å²) >= 11 is 5.52. The summed E-state index contributed by atoms with van der Waals surface area (Å²) in [5, 5.41) is 7.26. The molecule has 3 rings (SSSR count). The molecule has 0 fully saturated rings. The Hall–Kier alpha value is -2.65. The lowest BCUT2D eigenvalue weighted by atomic mass is 10.0. The van der Waals surface area contributed by atoms with Crippen molar-refractivity contribution >= 4 is 28.7 Å². The Morgan fingerprint density at radius 3 is 2.28 bits per heavy atom. The number of hydrogen-bond acceptors (Lipinski definition) is 1. The van der Waals surface area contributed by atoms with Crippen LogP contribution in [0.15, 0.2) is 72.8 Å². The van der Waals surface area contributed by atoms with Crippen LogP contribution < -0.4 is 10.6 Å². The molecule has 2 N–H and O–H groups in total. The summed E-state index contributed by atoms with van der Waals surface area (Å²) in [5.74, 6) is 0. The summed E-state index contributed by atoms with van der Waals surface area (Å²) in [5.41, 5.74) is 6.96. The number of thiocarbonyl (C=S) groups is 1. The van der Waals surface area contributed by atoms with E-state index in [9.17, 15) is 0 Å². The van der Waals surface area contributed by atoms with Crippen LogP contribution in [-0.4, -0.2) is 5.11 Å². The van der Waals surface area contributed by atoms with Crippen molar-refractivity contribution < 1.29 is 0 Å². The Balaban J connectivity index is 1.74. The van der Waals surface area contributed by atoms with Crippen molar-refractivity contribution in [3.05, 3.63) is 95.1 Å². The Bertz CT molecular complexity index is 872. The van der Waals surface area contributed by atoms with E-state index in [1.807, 2.05) is 12.1 Å².